The molecule has 0 bridgehead atoms. The van der Waals surface area contributed by atoms with Crippen molar-refractivity contribution in [2.24, 2.45) is 0 Å². The highest BCUT2D eigenvalue weighted by Gasteiger charge is 2.30. The van der Waals surface area contributed by atoms with Crippen molar-refractivity contribution in [2.75, 3.05) is 30.4 Å². The van der Waals surface area contributed by atoms with Gasteiger partial charge in [0.25, 0.3) is 0 Å². The molecule has 3 rings (SSSR count). The second-order valence-electron chi connectivity index (χ2n) is 7.38. The van der Waals surface area contributed by atoms with Crippen LogP contribution in [0.25, 0.3) is 0 Å². The summed E-state index contributed by atoms with van der Waals surface area (Å²) in [5.41, 5.74) is 1.10. The van der Waals surface area contributed by atoms with Crippen LogP contribution in [0.4, 0.5) is 5.69 Å². The largest absolute Gasteiger partial charge is 0.454 e. The molecule has 0 saturated heterocycles. The average Bonchev–Trinajstić information content (AvgIpc) is 3.23. The van der Waals surface area contributed by atoms with Crippen LogP contribution in [0, 0.1) is 0 Å². The lowest BCUT2D eigenvalue weighted by molar-refractivity contribution is -0.139. The summed E-state index contributed by atoms with van der Waals surface area (Å²) in [7, 11) is -3.80. The molecule has 1 aliphatic rings. The van der Waals surface area contributed by atoms with Gasteiger partial charge in [-0.2, -0.15) is 0 Å². The Hall–Kier alpha value is -3.27. The Labute approximate surface area is 188 Å². The molecular weight excluding hydrogens is 434 g/mol. The number of nitrogens with zero attached hydrogens (tertiary/aromatic N) is 2. The highest BCUT2D eigenvalue weighted by Crippen LogP contribution is 2.36. The van der Waals surface area contributed by atoms with Crippen LogP contribution in [0.2, 0.25) is 0 Å². The van der Waals surface area contributed by atoms with E-state index in [1.54, 1.807) is 26.0 Å². The van der Waals surface area contributed by atoms with Crippen molar-refractivity contribution in [3.63, 3.8) is 0 Å². The summed E-state index contributed by atoms with van der Waals surface area (Å²) in [6, 6.07) is 13.1. The zero-order chi connectivity index (χ0) is 23.3. The Morgan fingerprint density at radius 2 is 1.78 bits per heavy atom. The molecule has 0 aliphatic carbocycles. The minimum atomic E-state index is -3.80. The van der Waals surface area contributed by atoms with Crippen LogP contribution in [-0.4, -0.2) is 57.3 Å². The zero-order valence-corrected chi connectivity index (χ0v) is 19.1. The van der Waals surface area contributed by atoms with E-state index in [4.69, 9.17) is 9.47 Å². The van der Waals surface area contributed by atoms with Gasteiger partial charge in [-0.05, 0) is 31.5 Å². The van der Waals surface area contributed by atoms with Gasteiger partial charge in [0.05, 0.1) is 11.9 Å². The van der Waals surface area contributed by atoms with Crippen molar-refractivity contribution in [2.45, 2.75) is 26.4 Å². The Kier molecular flexibility index (Phi) is 7.24. The van der Waals surface area contributed by atoms with Crippen LogP contribution in [0.15, 0.2) is 48.5 Å². The number of ether oxygens (including phenoxy) is 2. The van der Waals surface area contributed by atoms with Gasteiger partial charge in [-0.1, -0.05) is 30.3 Å². The van der Waals surface area contributed by atoms with Crippen LogP contribution < -0.4 is 19.1 Å². The Morgan fingerprint density at radius 3 is 2.44 bits per heavy atom. The molecule has 0 fully saturated rings. The van der Waals surface area contributed by atoms with Crippen LogP contribution in [-0.2, 0) is 26.2 Å². The third-order valence-corrected chi connectivity index (χ3v) is 6.18. The van der Waals surface area contributed by atoms with Gasteiger partial charge in [-0.15, -0.1) is 0 Å². The van der Waals surface area contributed by atoms with Gasteiger partial charge < -0.3 is 19.7 Å². The normalized spacial score (nSPS) is 13.3. The predicted molar refractivity (Wildman–Crippen MR) is 120 cm³/mol. The molecule has 0 spiro atoms. The number of amides is 2. The monoisotopic (exact) mass is 461 g/mol. The van der Waals surface area contributed by atoms with Crippen molar-refractivity contribution in [3.05, 3.63) is 54.1 Å². The number of hydrogen-bond donors (Lipinski definition) is 1. The van der Waals surface area contributed by atoms with Crippen LogP contribution in [0.5, 0.6) is 11.5 Å². The number of anilines is 1. The number of sulfonamides is 1. The predicted octanol–water partition coefficient (Wildman–Crippen LogP) is 1.73. The van der Waals surface area contributed by atoms with Crippen molar-refractivity contribution in [3.8, 4) is 11.5 Å². The summed E-state index contributed by atoms with van der Waals surface area (Å²) < 4.78 is 36.7. The number of hydrogen-bond acceptors (Lipinski definition) is 6. The van der Waals surface area contributed by atoms with E-state index in [1.165, 1.54) is 11.0 Å². The van der Waals surface area contributed by atoms with E-state index in [0.29, 0.717) is 18.0 Å². The Balaban J connectivity index is 1.89. The minimum Gasteiger partial charge on any atom is -0.454 e. The maximum atomic E-state index is 13.3. The fourth-order valence-corrected chi connectivity index (χ4v) is 4.18. The van der Waals surface area contributed by atoms with Crippen LogP contribution >= 0.6 is 0 Å². The van der Waals surface area contributed by atoms with Crippen molar-refractivity contribution >= 4 is 27.5 Å². The average molecular weight is 462 g/mol. The smallest absolute Gasteiger partial charge is 0.244 e. The van der Waals surface area contributed by atoms with Gasteiger partial charge in [0, 0.05) is 19.2 Å². The number of carbonyl (C=O) groups is 2. The number of fused-ring (bicyclic) bond motifs is 1. The van der Waals surface area contributed by atoms with E-state index < -0.39 is 28.5 Å². The molecule has 2 aromatic carbocycles. The number of likely N-dealkylation sites (N-methyl/N-ethyl adjacent to an activating group) is 1. The number of carbonyl (C=O) groups excluding carboxylic acids is 2. The fraction of sp³-hybridized carbons (Fsp3) is 0.364. The van der Waals surface area contributed by atoms with E-state index in [9.17, 15) is 18.0 Å². The second kappa shape index (κ2) is 9.90. The molecule has 0 unspecified atom stereocenters. The second-order valence-corrected chi connectivity index (χ2v) is 9.29. The van der Waals surface area contributed by atoms with E-state index in [2.05, 4.69) is 5.32 Å². The molecule has 1 aliphatic heterocycles. The highest BCUT2D eigenvalue weighted by atomic mass is 32.2. The molecule has 32 heavy (non-hydrogen) atoms. The van der Waals surface area contributed by atoms with E-state index in [1.807, 2.05) is 30.3 Å². The first-order chi connectivity index (χ1) is 15.2. The van der Waals surface area contributed by atoms with Crippen LogP contribution in [0.1, 0.15) is 19.4 Å². The van der Waals surface area contributed by atoms with E-state index in [-0.39, 0.29) is 24.9 Å². The lowest BCUT2D eigenvalue weighted by atomic mass is 10.1. The standard InChI is InChI=1S/C22H27N3O6S/c1-4-23-22(27)16(2)24(13-17-8-6-5-7-9-17)21(26)14-25(32(3,28)29)18-10-11-19-20(12-18)31-15-30-19/h5-12,16H,4,13-15H2,1-3H3,(H,23,27)/t16-/m0/s1. The third-order valence-electron chi connectivity index (χ3n) is 5.04. The van der Waals surface area contributed by atoms with Gasteiger partial charge in [-0.25, -0.2) is 8.42 Å². The molecule has 0 aromatic heterocycles. The molecule has 0 radical (unpaired) electrons. The quantitative estimate of drug-likeness (QED) is 0.610. The van der Waals surface area contributed by atoms with Crippen LogP contribution in [0.3, 0.4) is 0 Å². The minimum absolute atomic E-state index is 0.0471. The fourth-order valence-electron chi connectivity index (χ4n) is 3.34. The molecule has 1 heterocycles. The molecule has 172 valence electrons. The summed E-state index contributed by atoms with van der Waals surface area (Å²) in [6.07, 6.45) is 1.03. The van der Waals surface area contributed by atoms with Gasteiger partial charge in [0.15, 0.2) is 11.5 Å². The SMILES string of the molecule is CCNC(=O)[C@H](C)N(Cc1ccccc1)C(=O)CN(c1ccc2c(c1)OCO2)S(C)(=O)=O. The first-order valence-corrected chi connectivity index (χ1v) is 12.0. The lowest BCUT2D eigenvalue weighted by Crippen LogP contribution is -2.51. The molecular formula is C22H27N3O6S. The molecule has 1 N–H and O–H groups in total. The summed E-state index contributed by atoms with van der Waals surface area (Å²) in [5, 5.41) is 2.71. The first kappa shape index (κ1) is 23.4. The van der Waals surface area contributed by atoms with Gasteiger partial charge in [-0.3, -0.25) is 13.9 Å². The Morgan fingerprint density at radius 1 is 1.09 bits per heavy atom. The van der Waals surface area contributed by atoms with E-state index >= 15 is 0 Å². The topological polar surface area (TPSA) is 105 Å². The first-order valence-electron chi connectivity index (χ1n) is 10.2. The molecule has 9 nitrogen and oxygen atoms in total. The van der Waals surface area contributed by atoms with Crippen molar-refractivity contribution in [1.82, 2.24) is 10.2 Å². The summed E-state index contributed by atoms with van der Waals surface area (Å²) in [6.45, 7) is 3.58. The maximum absolute atomic E-state index is 13.3. The molecule has 10 heteroatoms. The Bertz CT molecular complexity index is 1070. The lowest BCUT2D eigenvalue weighted by Gasteiger charge is -2.31. The van der Waals surface area contributed by atoms with Gasteiger partial charge >= 0.3 is 0 Å². The van der Waals surface area contributed by atoms with Gasteiger partial charge in [0.2, 0.25) is 28.6 Å². The summed E-state index contributed by atoms with van der Waals surface area (Å²) in [4.78, 5) is 27.2. The van der Waals surface area contributed by atoms with E-state index in [0.717, 1.165) is 16.1 Å². The van der Waals surface area contributed by atoms with Crippen molar-refractivity contribution < 1.29 is 27.5 Å². The number of benzene rings is 2. The van der Waals surface area contributed by atoms with Gasteiger partial charge in [0.1, 0.15) is 12.6 Å². The third kappa shape index (κ3) is 5.50. The summed E-state index contributed by atoms with van der Waals surface area (Å²) >= 11 is 0. The van der Waals surface area contributed by atoms with Crippen molar-refractivity contribution in [1.29, 1.82) is 0 Å². The highest BCUT2D eigenvalue weighted by molar-refractivity contribution is 7.92. The number of rotatable bonds is 9. The zero-order valence-electron chi connectivity index (χ0n) is 18.3. The molecule has 2 aromatic rings. The molecule has 2 amide bonds. The molecule has 1 atom stereocenters. The summed E-state index contributed by atoms with van der Waals surface area (Å²) in [5.74, 6) is 0.0889. The maximum Gasteiger partial charge on any atom is 0.244 e. The number of nitrogens with one attached hydrogen (secondary N) is 1. The molecule has 0 saturated carbocycles.